The third-order valence-corrected chi connectivity index (χ3v) is 7.50. The average Bonchev–Trinajstić information content (AvgIpc) is 2.55. The van der Waals surface area contributed by atoms with Crippen LogP contribution in [0.25, 0.3) is 0 Å². The van der Waals surface area contributed by atoms with Gasteiger partial charge < -0.3 is 4.74 Å². The summed E-state index contributed by atoms with van der Waals surface area (Å²) in [7, 11) is -5.75. The second kappa shape index (κ2) is 7.92. The van der Waals surface area contributed by atoms with E-state index in [1.807, 2.05) is 0 Å². The molecule has 0 spiro atoms. The van der Waals surface area contributed by atoms with E-state index < -0.39 is 20.0 Å². The maximum absolute atomic E-state index is 12.6. The van der Waals surface area contributed by atoms with Gasteiger partial charge in [-0.15, -0.1) is 0 Å². The van der Waals surface area contributed by atoms with Gasteiger partial charge in [0.15, 0.2) is 0 Å². The number of rotatable bonds is 7. The van der Waals surface area contributed by atoms with Gasteiger partial charge in [0.1, 0.15) is 0 Å². The van der Waals surface area contributed by atoms with Crippen LogP contribution in [0.2, 0.25) is 0 Å². The van der Waals surface area contributed by atoms with Gasteiger partial charge in [-0.25, -0.2) is 21.6 Å². The lowest BCUT2D eigenvalue weighted by atomic mass is 10.0. The first kappa shape index (κ1) is 19.3. The molecule has 7 nitrogen and oxygen atoms in total. The number of nitrogens with one attached hydrogen (secondary N) is 1. The first-order chi connectivity index (χ1) is 11.3. The van der Waals surface area contributed by atoms with E-state index >= 15 is 0 Å². The summed E-state index contributed by atoms with van der Waals surface area (Å²) >= 11 is 0. The number of methoxy groups -OCH3 is 1. The summed E-state index contributed by atoms with van der Waals surface area (Å²) in [6.07, 6.45) is 1.68. The summed E-state index contributed by atoms with van der Waals surface area (Å²) in [5.74, 6) is 0.530. The van der Waals surface area contributed by atoms with Crippen LogP contribution in [0.15, 0.2) is 34.1 Å². The molecule has 1 aliphatic heterocycles. The van der Waals surface area contributed by atoms with E-state index in [2.05, 4.69) is 11.6 Å². The number of benzene rings is 1. The number of ether oxygens (including phenoxy) is 1. The van der Waals surface area contributed by atoms with Crippen molar-refractivity contribution in [3.63, 3.8) is 0 Å². The molecule has 136 valence electrons. The summed E-state index contributed by atoms with van der Waals surface area (Å²) < 4.78 is 58.0. The van der Waals surface area contributed by atoms with Crippen LogP contribution in [0.4, 0.5) is 0 Å². The molecule has 1 heterocycles. The fourth-order valence-corrected chi connectivity index (χ4v) is 5.01. The van der Waals surface area contributed by atoms with Gasteiger partial charge in [0.05, 0.1) is 16.4 Å². The van der Waals surface area contributed by atoms with Gasteiger partial charge in [-0.2, -0.15) is 4.31 Å². The molecule has 1 aromatic rings. The molecule has 0 radical (unpaired) electrons. The van der Waals surface area contributed by atoms with Crippen molar-refractivity contribution < 1.29 is 21.6 Å². The van der Waals surface area contributed by atoms with Crippen LogP contribution >= 0.6 is 0 Å². The standard InChI is InChI=1S/C15H24N2O5S2/c1-13-7-10-17(11-8-13)24(20,21)15-5-3-14(4-6-15)23(18,19)16-9-12-22-2/h3-6,13,16H,7-12H2,1-2H3. The Kier molecular flexibility index (Phi) is 6.38. The van der Waals surface area contributed by atoms with E-state index in [-0.39, 0.29) is 22.9 Å². The van der Waals surface area contributed by atoms with Gasteiger partial charge in [-0.05, 0) is 43.0 Å². The molecule has 1 aliphatic rings. The molecular formula is C15H24N2O5S2. The molecule has 0 atom stereocenters. The zero-order chi connectivity index (χ0) is 17.8. The minimum Gasteiger partial charge on any atom is -0.383 e. The lowest BCUT2D eigenvalue weighted by Gasteiger charge is -2.29. The highest BCUT2D eigenvalue weighted by atomic mass is 32.2. The van der Waals surface area contributed by atoms with Gasteiger partial charge in [0, 0.05) is 26.7 Å². The fourth-order valence-electron chi connectivity index (χ4n) is 2.53. The largest absolute Gasteiger partial charge is 0.383 e. The van der Waals surface area contributed by atoms with Crippen LogP contribution in [0.1, 0.15) is 19.8 Å². The quantitative estimate of drug-likeness (QED) is 0.718. The summed E-state index contributed by atoms with van der Waals surface area (Å²) in [4.78, 5) is 0.151. The third-order valence-electron chi connectivity index (χ3n) is 4.11. The zero-order valence-electron chi connectivity index (χ0n) is 13.9. The Balaban J connectivity index is 2.13. The summed E-state index contributed by atoms with van der Waals surface area (Å²) in [5, 5.41) is 0. The molecule has 9 heteroatoms. The first-order valence-electron chi connectivity index (χ1n) is 7.86. The minimum absolute atomic E-state index is 0.0322. The molecule has 0 unspecified atom stereocenters. The average molecular weight is 377 g/mol. The molecule has 1 saturated heterocycles. The fraction of sp³-hybridized carbons (Fsp3) is 0.600. The highest BCUT2D eigenvalue weighted by Crippen LogP contribution is 2.24. The Labute approximate surface area is 144 Å². The third kappa shape index (κ3) is 4.54. The molecule has 1 aromatic carbocycles. The molecule has 2 rings (SSSR count). The molecule has 0 bridgehead atoms. The predicted octanol–water partition coefficient (Wildman–Crippen LogP) is 1.03. The Morgan fingerprint density at radius 3 is 2.17 bits per heavy atom. The smallest absolute Gasteiger partial charge is 0.243 e. The van der Waals surface area contributed by atoms with E-state index in [4.69, 9.17) is 4.74 Å². The number of hydrogen-bond donors (Lipinski definition) is 1. The normalized spacial score (nSPS) is 17.9. The number of hydrogen-bond acceptors (Lipinski definition) is 5. The van der Waals surface area contributed by atoms with Crippen molar-refractivity contribution in [2.75, 3.05) is 33.4 Å². The lowest BCUT2D eigenvalue weighted by Crippen LogP contribution is -2.37. The van der Waals surface area contributed by atoms with E-state index in [0.717, 1.165) is 12.8 Å². The summed E-state index contributed by atoms with van der Waals surface area (Å²) in [6.45, 7) is 3.54. The van der Waals surface area contributed by atoms with Crippen LogP contribution in [-0.2, 0) is 24.8 Å². The topological polar surface area (TPSA) is 92.8 Å². The van der Waals surface area contributed by atoms with Crippen LogP contribution in [0.3, 0.4) is 0 Å². The van der Waals surface area contributed by atoms with Crippen molar-refractivity contribution in [2.45, 2.75) is 29.6 Å². The van der Waals surface area contributed by atoms with Crippen molar-refractivity contribution in [1.82, 2.24) is 9.03 Å². The van der Waals surface area contributed by atoms with Crippen molar-refractivity contribution in [3.05, 3.63) is 24.3 Å². The second-order valence-corrected chi connectivity index (χ2v) is 9.65. The minimum atomic E-state index is -3.67. The number of piperidine rings is 1. The van der Waals surface area contributed by atoms with Gasteiger partial charge in [0.2, 0.25) is 20.0 Å². The molecule has 0 aromatic heterocycles. The van der Waals surface area contributed by atoms with E-state index in [0.29, 0.717) is 19.0 Å². The van der Waals surface area contributed by atoms with Crippen molar-refractivity contribution >= 4 is 20.0 Å². The Morgan fingerprint density at radius 1 is 1.08 bits per heavy atom. The first-order valence-corrected chi connectivity index (χ1v) is 10.8. The van der Waals surface area contributed by atoms with E-state index in [1.165, 1.54) is 35.7 Å². The Hall–Kier alpha value is -1.00. The molecule has 1 fully saturated rings. The lowest BCUT2D eigenvalue weighted by molar-refractivity contribution is 0.204. The number of nitrogens with zero attached hydrogens (tertiary/aromatic N) is 1. The summed E-state index contributed by atoms with van der Waals surface area (Å²) in [6, 6.07) is 5.32. The highest BCUT2D eigenvalue weighted by molar-refractivity contribution is 7.89. The Morgan fingerprint density at radius 2 is 1.62 bits per heavy atom. The summed E-state index contributed by atoms with van der Waals surface area (Å²) in [5.41, 5.74) is 0. The van der Waals surface area contributed by atoms with Gasteiger partial charge in [-0.1, -0.05) is 6.92 Å². The maximum atomic E-state index is 12.6. The molecule has 1 N–H and O–H groups in total. The Bertz CT molecular complexity index is 737. The molecule has 0 amide bonds. The van der Waals surface area contributed by atoms with Crippen molar-refractivity contribution in [3.8, 4) is 0 Å². The molecule has 24 heavy (non-hydrogen) atoms. The monoisotopic (exact) mass is 376 g/mol. The number of sulfonamides is 2. The van der Waals surface area contributed by atoms with Crippen LogP contribution in [-0.4, -0.2) is 54.5 Å². The highest BCUT2D eigenvalue weighted by Gasteiger charge is 2.28. The van der Waals surface area contributed by atoms with Crippen LogP contribution < -0.4 is 4.72 Å². The molecule has 0 saturated carbocycles. The zero-order valence-corrected chi connectivity index (χ0v) is 15.6. The maximum Gasteiger partial charge on any atom is 0.243 e. The molecular weight excluding hydrogens is 352 g/mol. The van der Waals surface area contributed by atoms with Crippen molar-refractivity contribution in [1.29, 1.82) is 0 Å². The predicted molar refractivity (Wildman–Crippen MR) is 90.7 cm³/mol. The van der Waals surface area contributed by atoms with E-state index in [1.54, 1.807) is 0 Å². The van der Waals surface area contributed by atoms with Crippen LogP contribution in [0, 0.1) is 5.92 Å². The van der Waals surface area contributed by atoms with Gasteiger partial charge in [-0.3, -0.25) is 0 Å². The molecule has 0 aliphatic carbocycles. The van der Waals surface area contributed by atoms with Crippen molar-refractivity contribution in [2.24, 2.45) is 5.92 Å². The SMILES string of the molecule is COCCNS(=O)(=O)c1ccc(S(=O)(=O)N2CCC(C)CC2)cc1. The van der Waals surface area contributed by atoms with Crippen LogP contribution in [0.5, 0.6) is 0 Å². The second-order valence-electron chi connectivity index (χ2n) is 5.95. The van der Waals surface area contributed by atoms with E-state index in [9.17, 15) is 16.8 Å². The van der Waals surface area contributed by atoms with Gasteiger partial charge >= 0.3 is 0 Å². The van der Waals surface area contributed by atoms with Gasteiger partial charge in [0.25, 0.3) is 0 Å².